The summed E-state index contributed by atoms with van der Waals surface area (Å²) >= 11 is 0. The van der Waals surface area contributed by atoms with E-state index >= 15 is 0 Å². The van der Waals surface area contributed by atoms with E-state index in [4.69, 9.17) is 10.7 Å². The Morgan fingerprint density at radius 1 is 1.21 bits per heavy atom. The van der Waals surface area contributed by atoms with E-state index in [1.54, 1.807) is 0 Å². The number of aliphatic imine (C=N–C) groups is 1. The van der Waals surface area contributed by atoms with Gasteiger partial charge >= 0.3 is 0 Å². The van der Waals surface area contributed by atoms with E-state index in [0.717, 1.165) is 36.2 Å². The zero-order valence-electron chi connectivity index (χ0n) is 12.3. The normalized spacial score (nSPS) is 48.9. The standard InChI is InChI=1S/C16H27N3/c1-3-10(2)19-15(17)18-9-16(19)13-5-11-4-12(7-13)8-14(16)6-11/h10-14H,3-9H2,1-2H3,(H2,17,18). The van der Waals surface area contributed by atoms with Crippen LogP contribution in [0.2, 0.25) is 0 Å². The number of hydrogen-bond donors (Lipinski definition) is 1. The van der Waals surface area contributed by atoms with Crippen molar-refractivity contribution in [1.82, 2.24) is 4.90 Å². The van der Waals surface area contributed by atoms with E-state index < -0.39 is 0 Å². The van der Waals surface area contributed by atoms with Gasteiger partial charge in [0.2, 0.25) is 0 Å². The topological polar surface area (TPSA) is 41.6 Å². The van der Waals surface area contributed by atoms with E-state index in [1.165, 1.54) is 38.5 Å². The van der Waals surface area contributed by atoms with Gasteiger partial charge in [0.1, 0.15) is 0 Å². The second-order valence-corrected chi connectivity index (χ2v) is 7.60. The first-order valence-electron chi connectivity index (χ1n) is 8.24. The molecule has 4 bridgehead atoms. The predicted octanol–water partition coefficient (Wildman–Crippen LogP) is 2.61. The summed E-state index contributed by atoms with van der Waals surface area (Å²) in [5, 5.41) is 0. The summed E-state index contributed by atoms with van der Waals surface area (Å²) < 4.78 is 0. The van der Waals surface area contributed by atoms with Crippen molar-refractivity contribution in [2.45, 2.75) is 64.0 Å². The molecule has 4 aliphatic carbocycles. The molecule has 0 aromatic heterocycles. The maximum atomic E-state index is 6.29. The molecule has 5 aliphatic rings. The van der Waals surface area contributed by atoms with Gasteiger partial charge in [-0.15, -0.1) is 0 Å². The van der Waals surface area contributed by atoms with Crippen LogP contribution in [0.15, 0.2) is 4.99 Å². The SMILES string of the molecule is CCC(C)N1C(N)=NCC12C1CC3CC(C1)CC2C3. The Labute approximate surface area is 116 Å². The van der Waals surface area contributed by atoms with Crippen molar-refractivity contribution in [2.75, 3.05) is 6.54 Å². The molecule has 2 N–H and O–H groups in total. The summed E-state index contributed by atoms with van der Waals surface area (Å²) in [6, 6.07) is 0.545. The van der Waals surface area contributed by atoms with E-state index in [9.17, 15) is 0 Å². The average molecular weight is 261 g/mol. The third-order valence-corrected chi connectivity index (χ3v) is 6.77. The lowest BCUT2D eigenvalue weighted by atomic mass is 9.48. The highest BCUT2D eigenvalue weighted by Gasteiger charge is 2.62. The zero-order valence-corrected chi connectivity index (χ0v) is 12.3. The Hall–Kier alpha value is -0.730. The molecular weight excluding hydrogens is 234 g/mol. The Morgan fingerprint density at radius 2 is 1.79 bits per heavy atom. The highest BCUT2D eigenvalue weighted by atomic mass is 15.4. The third-order valence-electron chi connectivity index (χ3n) is 6.77. The first-order valence-corrected chi connectivity index (χ1v) is 8.24. The molecule has 1 spiro atoms. The molecule has 1 atom stereocenters. The van der Waals surface area contributed by atoms with Gasteiger partial charge in [0.05, 0.1) is 12.1 Å². The van der Waals surface area contributed by atoms with E-state index in [2.05, 4.69) is 18.7 Å². The molecule has 5 rings (SSSR count). The smallest absolute Gasteiger partial charge is 0.192 e. The van der Waals surface area contributed by atoms with Crippen molar-refractivity contribution in [3.05, 3.63) is 0 Å². The van der Waals surface area contributed by atoms with Gasteiger partial charge in [-0.05, 0) is 69.1 Å². The van der Waals surface area contributed by atoms with Crippen LogP contribution in [0.3, 0.4) is 0 Å². The lowest BCUT2D eigenvalue weighted by Crippen LogP contribution is -2.68. The monoisotopic (exact) mass is 261 g/mol. The van der Waals surface area contributed by atoms with Gasteiger partial charge in [-0.25, -0.2) is 0 Å². The summed E-state index contributed by atoms with van der Waals surface area (Å²) in [5.41, 5.74) is 6.60. The van der Waals surface area contributed by atoms with Gasteiger partial charge < -0.3 is 10.6 Å². The van der Waals surface area contributed by atoms with E-state index in [-0.39, 0.29) is 0 Å². The maximum Gasteiger partial charge on any atom is 0.192 e. The minimum Gasteiger partial charge on any atom is -0.370 e. The van der Waals surface area contributed by atoms with E-state index in [1.807, 2.05) is 0 Å². The molecule has 4 saturated carbocycles. The summed E-state index contributed by atoms with van der Waals surface area (Å²) in [6.07, 6.45) is 8.48. The van der Waals surface area contributed by atoms with Gasteiger partial charge in [0, 0.05) is 6.04 Å². The highest BCUT2D eigenvalue weighted by molar-refractivity contribution is 5.81. The second kappa shape index (κ2) is 3.89. The van der Waals surface area contributed by atoms with Crippen molar-refractivity contribution < 1.29 is 0 Å². The highest BCUT2D eigenvalue weighted by Crippen LogP contribution is 2.61. The van der Waals surface area contributed by atoms with Crippen LogP contribution in [0, 0.1) is 23.7 Å². The average Bonchev–Trinajstić information content (AvgIpc) is 2.73. The fraction of sp³-hybridized carbons (Fsp3) is 0.938. The molecule has 4 fully saturated rings. The van der Waals surface area contributed by atoms with Crippen LogP contribution >= 0.6 is 0 Å². The minimum atomic E-state index is 0.312. The molecule has 0 aromatic rings. The summed E-state index contributed by atoms with van der Waals surface area (Å²) in [6.45, 7) is 5.60. The molecule has 3 nitrogen and oxygen atoms in total. The van der Waals surface area contributed by atoms with Crippen molar-refractivity contribution >= 4 is 5.96 Å². The third kappa shape index (κ3) is 1.42. The number of nitrogens with two attached hydrogens (primary N) is 1. The van der Waals surface area contributed by atoms with Crippen LogP contribution in [0.1, 0.15) is 52.4 Å². The molecule has 3 heteroatoms. The fourth-order valence-corrected chi connectivity index (χ4v) is 6.04. The molecule has 0 saturated heterocycles. The van der Waals surface area contributed by atoms with Crippen LogP contribution in [0.25, 0.3) is 0 Å². The first-order chi connectivity index (χ1) is 9.15. The number of rotatable bonds is 2. The van der Waals surface area contributed by atoms with Crippen molar-refractivity contribution in [3.8, 4) is 0 Å². The number of guanidine groups is 1. The molecule has 1 unspecified atom stereocenters. The first kappa shape index (κ1) is 12.0. The lowest BCUT2D eigenvalue weighted by molar-refractivity contribution is -0.110. The zero-order chi connectivity index (χ0) is 13.2. The summed E-state index contributed by atoms with van der Waals surface area (Å²) in [5.74, 6) is 4.61. The van der Waals surface area contributed by atoms with Crippen LogP contribution < -0.4 is 5.73 Å². The molecule has 0 radical (unpaired) electrons. The maximum absolute atomic E-state index is 6.29. The predicted molar refractivity (Wildman–Crippen MR) is 77.9 cm³/mol. The fourth-order valence-electron chi connectivity index (χ4n) is 6.04. The Bertz CT molecular complexity index is 386. The minimum absolute atomic E-state index is 0.312. The van der Waals surface area contributed by atoms with Gasteiger partial charge in [0.25, 0.3) is 0 Å². The molecule has 0 aromatic carbocycles. The lowest BCUT2D eigenvalue weighted by Gasteiger charge is -2.63. The largest absolute Gasteiger partial charge is 0.370 e. The molecule has 19 heavy (non-hydrogen) atoms. The number of hydrogen-bond acceptors (Lipinski definition) is 3. The van der Waals surface area contributed by atoms with Gasteiger partial charge in [-0.1, -0.05) is 6.92 Å². The van der Waals surface area contributed by atoms with Gasteiger partial charge in [-0.2, -0.15) is 0 Å². The van der Waals surface area contributed by atoms with Crippen molar-refractivity contribution in [2.24, 2.45) is 34.4 Å². The molecule has 0 amide bonds. The number of nitrogens with zero attached hydrogens (tertiary/aromatic N) is 2. The van der Waals surface area contributed by atoms with Crippen LogP contribution in [0.5, 0.6) is 0 Å². The Kier molecular flexibility index (Phi) is 2.47. The Morgan fingerprint density at radius 3 is 2.32 bits per heavy atom. The molecule has 106 valence electrons. The van der Waals surface area contributed by atoms with Crippen molar-refractivity contribution in [3.63, 3.8) is 0 Å². The van der Waals surface area contributed by atoms with E-state index in [0.29, 0.717) is 11.6 Å². The van der Waals surface area contributed by atoms with Gasteiger partial charge in [-0.3, -0.25) is 4.99 Å². The second-order valence-electron chi connectivity index (χ2n) is 7.60. The molecular formula is C16H27N3. The van der Waals surface area contributed by atoms with Crippen LogP contribution in [0.4, 0.5) is 0 Å². The van der Waals surface area contributed by atoms with Crippen molar-refractivity contribution in [1.29, 1.82) is 0 Å². The summed E-state index contributed by atoms with van der Waals surface area (Å²) in [4.78, 5) is 7.26. The van der Waals surface area contributed by atoms with Crippen LogP contribution in [-0.2, 0) is 0 Å². The van der Waals surface area contributed by atoms with Crippen LogP contribution in [-0.4, -0.2) is 29.0 Å². The Balaban J connectivity index is 1.73. The quantitative estimate of drug-likeness (QED) is 0.830. The summed E-state index contributed by atoms with van der Waals surface area (Å²) in [7, 11) is 0. The molecule has 1 aliphatic heterocycles. The van der Waals surface area contributed by atoms with Gasteiger partial charge in [0.15, 0.2) is 5.96 Å². The molecule has 1 heterocycles.